The molecule has 0 radical (unpaired) electrons. The van der Waals surface area contributed by atoms with Crippen LogP contribution in [0.25, 0.3) is 0 Å². The van der Waals surface area contributed by atoms with E-state index in [1.54, 1.807) is 0 Å². The molecule has 5 heteroatoms. The van der Waals surface area contributed by atoms with Crippen LogP contribution in [0.5, 0.6) is 0 Å². The molecule has 1 heterocycles. The number of alkyl carbamates (subject to hydrolysis) is 1. The molecule has 0 bridgehead atoms. The van der Waals surface area contributed by atoms with Crippen LogP contribution in [-0.2, 0) is 17.9 Å². The minimum Gasteiger partial charge on any atom is -0.445 e. The maximum Gasteiger partial charge on any atom is 0.408 e. The highest BCUT2D eigenvalue weighted by atomic mass is 16.5. The normalized spacial score (nSPS) is 20.4. The van der Waals surface area contributed by atoms with Crippen molar-refractivity contribution in [3.8, 4) is 0 Å². The van der Waals surface area contributed by atoms with Gasteiger partial charge in [0.1, 0.15) is 6.61 Å². The van der Waals surface area contributed by atoms with E-state index >= 15 is 0 Å². The zero-order valence-electron chi connectivity index (χ0n) is 14.2. The summed E-state index contributed by atoms with van der Waals surface area (Å²) in [6.45, 7) is 2.37. The number of likely N-dealkylation sites (tertiary alicyclic amines) is 1. The molecule has 2 N–H and O–H groups in total. The highest BCUT2D eigenvalue weighted by Gasteiger charge is 2.39. The first-order chi connectivity index (χ1) is 12.2. The summed E-state index contributed by atoms with van der Waals surface area (Å²) < 4.78 is 5.29. The second-order valence-corrected chi connectivity index (χ2v) is 6.57. The first kappa shape index (κ1) is 17.5. The van der Waals surface area contributed by atoms with E-state index < -0.39 is 11.6 Å². The Morgan fingerprint density at radius 1 is 1.08 bits per heavy atom. The zero-order valence-corrected chi connectivity index (χ0v) is 14.2. The largest absolute Gasteiger partial charge is 0.445 e. The highest BCUT2D eigenvalue weighted by Crippen LogP contribution is 2.23. The second-order valence-electron chi connectivity index (χ2n) is 6.57. The molecule has 1 atom stereocenters. The van der Waals surface area contributed by atoms with Gasteiger partial charge in [-0.15, -0.1) is 0 Å². The molecule has 0 aliphatic carbocycles. The van der Waals surface area contributed by atoms with Crippen LogP contribution in [0.3, 0.4) is 0 Å². The molecule has 1 fully saturated rings. The van der Waals surface area contributed by atoms with Crippen LogP contribution in [0, 0.1) is 0 Å². The fourth-order valence-corrected chi connectivity index (χ4v) is 3.18. The smallest absolute Gasteiger partial charge is 0.408 e. The fraction of sp³-hybridized carbons (Fsp3) is 0.350. The summed E-state index contributed by atoms with van der Waals surface area (Å²) in [5.74, 6) is 0. The van der Waals surface area contributed by atoms with Crippen LogP contribution >= 0.6 is 0 Å². The summed E-state index contributed by atoms with van der Waals surface area (Å²) in [7, 11) is 0. The number of hydrogen-bond donors (Lipinski definition) is 2. The molecule has 1 aliphatic rings. The lowest BCUT2D eigenvalue weighted by atomic mass is 10.0. The fourth-order valence-electron chi connectivity index (χ4n) is 3.18. The zero-order chi connectivity index (χ0) is 17.5. The predicted molar refractivity (Wildman–Crippen MR) is 95.9 cm³/mol. The predicted octanol–water partition coefficient (Wildman–Crippen LogP) is 2.55. The number of aliphatic hydroxyl groups is 1. The van der Waals surface area contributed by atoms with Gasteiger partial charge in [0.05, 0.1) is 12.1 Å². The van der Waals surface area contributed by atoms with Gasteiger partial charge >= 0.3 is 6.09 Å². The number of amides is 1. The number of nitrogens with zero attached hydrogens (tertiary/aromatic N) is 1. The molecule has 0 spiro atoms. The van der Waals surface area contributed by atoms with Gasteiger partial charge in [0.2, 0.25) is 0 Å². The Bertz CT molecular complexity index is 678. The molecule has 2 aromatic rings. The third kappa shape index (κ3) is 4.81. The summed E-state index contributed by atoms with van der Waals surface area (Å²) in [6, 6.07) is 19.8. The molecule has 1 amide bonds. The van der Waals surface area contributed by atoms with Gasteiger partial charge in [-0.25, -0.2) is 4.79 Å². The molecule has 1 aliphatic heterocycles. The molecule has 1 unspecified atom stereocenters. The number of benzene rings is 2. The van der Waals surface area contributed by atoms with Gasteiger partial charge in [0, 0.05) is 19.6 Å². The number of nitrogens with one attached hydrogen (secondary N) is 1. The monoisotopic (exact) mass is 340 g/mol. The lowest BCUT2D eigenvalue weighted by Crippen LogP contribution is -2.53. The van der Waals surface area contributed by atoms with Gasteiger partial charge in [-0.1, -0.05) is 60.7 Å². The standard InChI is InChI=1S/C20H24N2O3/c23-16-20(21-19(24)25-14-18-9-5-2-6-10-18)11-12-22(15-20)13-17-7-3-1-4-8-17/h1-10,23H,11-16H2,(H,21,24). The lowest BCUT2D eigenvalue weighted by molar-refractivity contribution is 0.107. The Hall–Kier alpha value is -2.37. The summed E-state index contributed by atoms with van der Waals surface area (Å²) in [6.07, 6.45) is 0.219. The quantitative estimate of drug-likeness (QED) is 0.848. The minimum absolute atomic E-state index is 0.0985. The average Bonchev–Trinajstić information content (AvgIpc) is 3.05. The van der Waals surface area contributed by atoms with Crippen LogP contribution in [0.15, 0.2) is 60.7 Å². The summed E-state index contributed by atoms with van der Waals surface area (Å²) in [5.41, 5.74) is 1.53. The Labute approximate surface area is 148 Å². The van der Waals surface area contributed by atoms with Gasteiger partial charge in [0.15, 0.2) is 0 Å². The number of aliphatic hydroxyl groups excluding tert-OH is 1. The Morgan fingerprint density at radius 2 is 1.72 bits per heavy atom. The molecule has 3 rings (SSSR count). The van der Waals surface area contributed by atoms with Crippen molar-refractivity contribution in [1.29, 1.82) is 0 Å². The van der Waals surface area contributed by atoms with Gasteiger partial charge < -0.3 is 15.2 Å². The second kappa shape index (κ2) is 8.14. The Morgan fingerprint density at radius 3 is 2.36 bits per heavy atom. The van der Waals surface area contributed by atoms with E-state index in [0.717, 1.165) is 18.7 Å². The third-order valence-electron chi connectivity index (χ3n) is 4.56. The molecule has 0 saturated carbocycles. The van der Waals surface area contributed by atoms with E-state index in [4.69, 9.17) is 4.74 Å². The number of hydrogen-bond acceptors (Lipinski definition) is 4. The molecule has 0 aromatic heterocycles. The molecular formula is C20H24N2O3. The van der Waals surface area contributed by atoms with Crippen molar-refractivity contribution in [2.45, 2.75) is 25.1 Å². The van der Waals surface area contributed by atoms with Crippen molar-refractivity contribution in [1.82, 2.24) is 10.2 Å². The van der Waals surface area contributed by atoms with E-state index in [1.807, 2.05) is 48.5 Å². The molecule has 5 nitrogen and oxygen atoms in total. The highest BCUT2D eigenvalue weighted by molar-refractivity contribution is 5.68. The van der Waals surface area contributed by atoms with Crippen molar-refractivity contribution in [3.05, 3.63) is 71.8 Å². The van der Waals surface area contributed by atoms with E-state index in [0.29, 0.717) is 13.0 Å². The maximum atomic E-state index is 12.1. The first-order valence-corrected chi connectivity index (χ1v) is 8.55. The van der Waals surface area contributed by atoms with Crippen molar-refractivity contribution < 1.29 is 14.6 Å². The topological polar surface area (TPSA) is 61.8 Å². The van der Waals surface area contributed by atoms with Crippen LogP contribution in [-0.4, -0.2) is 41.3 Å². The molecule has 2 aromatic carbocycles. The summed E-state index contributed by atoms with van der Waals surface area (Å²) in [4.78, 5) is 14.4. The van der Waals surface area contributed by atoms with Gasteiger partial charge in [-0.05, 0) is 17.5 Å². The van der Waals surface area contributed by atoms with Crippen molar-refractivity contribution in [2.75, 3.05) is 19.7 Å². The van der Waals surface area contributed by atoms with Crippen molar-refractivity contribution in [2.24, 2.45) is 0 Å². The molecule has 1 saturated heterocycles. The number of carbonyl (C=O) groups excluding carboxylic acids is 1. The van der Waals surface area contributed by atoms with Crippen LogP contribution in [0.2, 0.25) is 0 Å². The third-order valence-corrected chi connectivity index (χ3v) is 4.56. The maximum absolute atomic E-state index is 12.1. The van der Waals surface area contributed by atoms with E-state index in [9.17, 15) is 9.90 Å². The molecule has 132 valence electrons. The van der Waals surface area contributed by atoms with Crippen molar-refractivity contribution in [3.63, 3.8) is 0 Å². The first-order valence-electron chi connectivity index (χ1n) is 8.55. The summed E-state index contributed by atoms with van der Waals surface area (Å²) in [5, 5.41) is 12.7. The number of rotatable bonds is 6. The van der Waals surface area contributed by atoms with Crippen molar-refractivity contribution >= 4 is 6.09 Å². The van der Waals surface area contributed by atoms with Crippen LogP contribution in [0.1, 0.15) is 17.5 Å². The molecule has 25 heavy (non-hydrogen) atoms. The number of ether oxygens (including phenoxy) is 1. The van der Waals surface area contributed by atoms with E-state index in [2.05, 4.69) is 22.3 Å². The van der Waals surface area contributed by atoms with Gasteiger partial charge in [-0.2, -0.15) is 0 Å². The minimum atomic E-state index is -0.636. The lowest BCUT2D eigenvalue weighted by Gasteiger charge is -2.28. The van der Waals surface area contributed by atoms with Crippen LogP contribution in [0.4, 0.5) is 4.79 Å². The average molecular weight is 340 g/mol. The van der Waals surface area contributed by atoms with E-state index in [1.165, 1.54) is 5.56 Å². The Kier molecular flexibility index (Phi) is 5.68. The van der Waals surface area contributed by atoms with Gasteiger partial charge in [0.25, 0.3) is 0 Å². The molecular weight excluding hydrogens is 316 g/mol. The SMILES string of the molecule is O=C(NC1(CO)CCN(Cc2ccccc2)C1)OCc1ccccc1. The summed E-state index contributed by atoms with van der Waals surface area (Å²) >= 11 is 0. The van der Waals surface area contributed by atoms with Crippen LogP contribution < -0.4 is 5.32 Å². The number of carbonyl (C=O) groups is 1. The van der Waals surface area contributed by atoms with Gasteiger partial charge in [-0.3, -0.25) is 4.90 Å². The van der Waals surface area contributed by atoms with E-state index in [-0.39, 0.29) is 13.2 Å². The Balaban J connectivity index is 1.52.